The number of carbonyl (C=O) groups excluding carboxylic acids is 1. The molecule has 16 heavy (non-hydrogen) atoms. The van der Waals surface area contributed by atoms with Crippen molar-refractivity contribution in [2.75, 3.05) is 0 Å². The smallest absolute Gasteiger partial charge is 0.250 e. The Bertz CT molecular complexity index is 337. The van der Waals surface area contributed by atoms with E-state index in [1.807, 2.05) is 24.3 Å². The highest BCUT2D eigenvalue weighted by molar-refractivity contribution is 6.74. The van der Waals surface area contributed by atoms with Gasteiger partial charge in [-0.05, 0) is 30.3 Å². The quantitative estimate of drug-likeness (QED) is 0.553. The molecule has 88 valence electrons. The number of benzene rings is 1. The lowest BCUT2D eigenvalue weighted by Crippen LogP contribution is -2.39. The monoisotopic (exact) mass is 236 g/mol. The van der Waals surface area contributed by atoms with Crippen LogP contribution in [0.15, 0.2) is 24.3 Å². The maximum absolute atomic E-state index is 10.9. The van der Waals surface area contributed by atoms with Crippen molar-refractivity contribution < 1.29 is 9.22 Å². The maximum atomic E-state index is 10.9. The molecule has 0 fully saturated rings. The number of aldehydes is 1. The Labute approximate surface area is 98.8 Å². The van der Waals surface area contributed by atoms with Gasteiger partial charge in [0.2, 0.25) is 0 Å². The van der Waals surface area contributed by atoms with Gasteiger partial charge in [0.1, 0.15) is 5.75 Å². The average Bonchev–Trinajstić information content (AvgIpc) is 2.36. The largest absolute Gasteiger partial charge is 0.543 e. The third-order valence-corrected chi connectivity index (χ3v) is 7.82. The second kappa shape index (κ2) is 5.85. The van der Waals surface area contributed by atoms with E-state index in [0.29, 0.717) is 5.56 Å². The molecule has 0 N–H and O–H groups in total. The first-order chi connectivity index (χ1) is 7.71. The summed E-state index contributed by atoms with van der Waals surface area (Å²) in [6, 6.07) is 10.8. The first kappa shape index (κ1) is 13.0. The van der Waals surface area contributed by atoms with Crippen molar-refractivity contribution in [1.29, 1.82) is 0 Å². The molecular formula is C13H20O2Si. The minimum absolute atomic E-state index is 0.662. The summed E-state index contributed by atoms with van der Waals surface area (Å²) in [6.07, 6.45) is 0.871. The average molecular weight is 236 g/mol. The third-order valence-electron chi connectivity index (χ3n) is 3.31. The fraction of sp³-hybridized carbons (Fsp3) is 0.462. The van der Waals surface area contributed by atoms with E-state index in [1.165, 1.54) is 0 Å². The summed E-state index contributed by atoms with van der Waals surface area (Å²) in [7, 11) is -1.66. The Balaban J connectivity index is 2.97. The van der Waals surface area contributed by atoms with Crippen LogP contribution < -0.4 is 4.43 Å². The highest BCUT2D eigenvalue weighted by atomic mass is 28.4. The summed E-state index contributed by atoms with van der Waals surface area (Å²) in [5.41, 5.74) is 0.662. The van der Waals surface area contributed by atoms with Crippen molar-refractivity contribution in [3.05, 3.63) is 29.8 Å². The van der Waals surface area contributed by atoms with Crippen LogP contribution in [0.1, 0.15) is 31.1 Å². The molecular weight excluding hydrogens is 216 g/mol. The maximum Gasteiger partial charge on any atom is 0.250 e. The summed E-state index contributed by atoms with van der Waals surface area (Å²) in [5, 5.41) is 0. The molecule has 0 aromatic heterocycles. The second-order valence-corrected chi connectivity index (χ2v) is 8.69. The van der Waals surface area contributed by atoms with Crippen LogP contribution in [0.2, 0.25) is 18.1 Å². The molecule has 0 heterocycles. The van der Waals surface area contributed by atoms with Crippen LogP contribution >= 0.6 is 0 Å². The minimum Gasteiger partial charge on any atom is -0.543 e. The van der Waals surface area contributed by atoms with Crippen molar-refractivity contribution in [2.45, 2.75) is 38.9 Å². The zero-order chi connectivity index (χ0) is 12.0. The number of para-hydroxylation sites is 1. The molecule has 0 spiro atoms. The van der Waals surface area contributed by atoms with Crippen LogP contribution in [0, 0.1) is 0 Å². The molecule has 0 atom stereocenters. The lowest BCUT2D eigenvalue weighted by atomic mass is 10.2. The first-order valence-corrected chi connectivity index (χ1v) is 8.47. The first-order valence-electron chi connectivity index (χ1n) is 5.94. The van der Waals surface area contributed by atoms with Gasteiger partial charge in [-0.2, -0.15) is 0 Å². The van der Waals surface area contributed by atoms with Crippen molar-refractivity contribution in [3.63, 3.8) is 0 Å². The molecule has 0 saturated heterocycles. The highest BCUT2D eigenvalue weighted by Gasteiger charge is 2.31. The number of hydrogen-bond donors (Lipinski definition) is 0. The SMILES string of the molecule is CC[Si](CC)(CC)Oc1ccccc1C=O. The zero-order valence-electron chi connectivity index (χ0n) is 10.3. The number of carbonyl (C=O) groups is 1. The normalized spacial score (nSPS) is 11.2. The molecule has 0 bridgehead atoms. The van der Waals surface area contributed by atoms with Crippen molar-refractivity contribution in [3.8, 4) is 5.75 Å². The van der Waals surface area contributed by atoms with E-state index >= 15 is 0 Å². The summed E-state index contributed by atoms with van der Waals surface area (Å²) in [4.78, 5) is 10.9. The number of hydrogen-bond acceptors (Lipinski definition) is 2. The van der Waals surface area contributed by atoms with Gasteiger partial charge in [-0.25, -0.2) is 0 Å². The summed E-state index contributed by atoms with van der Waals surface area (Å²) >= 11 is 0. The fourth-order valence-electron chi connectivity index (χ4n) is 1.87. The van der Waals surface area contributed by atoms with Crippen molar-refractivity contribution >= 4 is 14.6 Å². The summed E-state index contributed by atoms with van der Waals surface area (Å²) in [5.74, 6) is 0.759. The minimum atomic E-state index is -1.66. The summed E-state index contributed by atoms with van der Waals surface area (Å²) < 4.78 is 6.18. The molecule has 1 aromatic rings. The van der Waals surface area contributed by atoms with Gasteiger partial charge >= 0.3 is 0 Å². The van der Waals surface area contributed by atoms with E-state index < -0.39 is 8.32 Å². The second-order valence-electron chi connectivity index (χ2n) is 4.00. The number of rotatable bonds is 6. The van der Waals surface area contributed by atoms with E-state index in [-0.39, 0.29) is 0 Å². The van der Waals surface area contributed by atoms with Gasteiger partial charge in [0.15, 0.2) is 6.29 Å². The molecule has 0 radical (unpaired) electrons. The van der Waals surface area contributed by atoms with Crippen LogP contribution in [-0.4, -0.2) is 14.6 Å². The zero-order valence-corrected chi connectivity index (χ0v) is 11.3. The Hall–Kier alpha value is -1.09. The standard InChI is InChI=1S/C13H20O2Si/c1-4-16(5-2,6-3)15-13-10-8-7-9-12(13)11-14/h7-11H,4-6H2,1-3H3. The summed E-state index contributed by atoms with van der Waals surface area (Å²) in [6.45, 7) is 6.55. The molecule has 0 aliphatic rings. The van der Waals surface area contributed by atoms with E-state index in [1.54, 1.807) is 0 Å². The van der Waals surface area contributed by atoms with E-state index in [9.17, 15) is 4.79 Å². The van der Waals surface area contributed by atoms with Gasteiger partial charge in [0.25, 0.3) is 8.32 Å². The van der Waals surface area contributed by atoms with E-state index in [0.717, 1.165) is 30.2 Å². The van der Waals surface area contributed by atoms with Crippen LogP contribution in [0.4, 0.5) is 0 Å². The fourth-order valence-corrected chi connectivity index (χ4v) is 4.46. The molecule has 0 amide bonds. The topological polar surface area (TPSA) is 26.3 Å². The van der Waals surface area contributed by atoms with Gasteiger partial charge in [0.05, 0.1) is 5.56 Å². The van der Waals surface area contributed by atoms with Gasteiger partial charge in [-0.3, -0.25) is 4.79 Å². The Morgan fingerprint density at radius 2 is 1.69 bits per heavy atom. The van der Waals surface area contributed by atoms with E-state index in [4.69, 9.17) is 4.43 Å². The van der Waals surface area contributed by atoms with Gasteiger partial charge in [0, 0.05) is 0 Å². The molecule has 1 rings (SSSR count). The van der Waals surface area contributed by atoms with Crippen LogP contribution in [0.25, 0.3) is 0 Å². The Kier molecular flexibility index (Phi) is 4.74. The van der Waals surface area contributed by atoms with Crippen LogP contribution in [-0.2, 0) is 0 Å². The molecule has 2 nitrogen and oxygen atoms in total. The molecule has 1 aromatic carbocycles. The predicted molar refractivity (Wildman–Crippen MR) is 69.7 cm³/mol. The molecule has 0 aliphatic heterocycles. The highest BCUT2D eigenvalue weighted by Crippen LogP contribution is 2.27. The van der Waals surface area contributed by atoms with Crippen LogP contribution in [0.3, 0.4) is 0 Å². The molecule has 0 saturated carbocycles. The lowest BCUT2D eigenvalue weighted by Gasteiger charge is -2.29. The van der Waals surface area contributed by atoms with Crippen molar-refractivity contribution in [1.82, 2.24) is 0 Å². The molecule has 0 aliphatic carbocycles. The van der Waals surface area contributed by atoms with E-state index in [2.05, 4.69) is 20.8 Å². The Morgan fingerprint density at radius 1 is 1.12 bits per heavy atom. The predicted octanol–water partition coefficient (Wildman–Crippen LogP) is 3.88. The van der Waals surface area contributed by atoms with Gasteiger partial charge < -0.3 is 4.43 Å². The Morgan fingerprint density at radius 3 is 2.19 bits per heavy atom. The van der Waals surface area contributed by atoms with Crippen LogP contribution in [0.5, 0.6) is 5.75 Å². The molecule has 0 unspecified atom stereocenters. The van der Waals surface area contributed by atoms with Gasteiger partial charge in [-0.15, -0.1) is 0 Å². The van der Waals surface area contributed by atoms with Gasteiger partial charge in [-0.1, -0.05) is 32.9 Å². The van der Waals surface area contributed by atoms with Crippen molar-refractivity contribution in [2.24, 2.45) is 0 Å². The third kappa shape index (κ3) is 2.73. The lowest BCUT2D eigenvalue weighted by molar-refractivity contribution is 0.112. The molecule has 3 heteroatoms.